The fraction of sp³-hybridized carbons (Fsp3) is 0.265. The second-order valence-electron chi connectivity index (χ2n) is 12.5. The zero-order chi connectivity index (χ0) is 33.7. The summed E-state index contributed by atoms with van der Waals surface area (Å²) in [7, 11) is 0. The van der Waals surface area contributed by atoms with Crippen LogP contribution in [0.3, 0.4) is 0 Å². The molecule has 2 aliphatic heterocycles. The molecule has 4 aliphatic rings. The highest BCUT2D eigenvalue weighted by Crippen LogP contribution is 2.64. The van der Waals surface area contributed by atoms with Gasteiger partial charge in [0.05, 0.1) is 39.6 Å². The molecule has 0 radical (unpaired) electrons. The molecular weight excluding hydrogens is 638 g/mol. The summed E-state index contributed by atoms with van der Waals surface area (Å²) < 4.78 is 28.9. The van der Waals surface area contributed by atoms with Crippen LogP contribution < -0.4 is 9.80 Å². The number of allylic oxidation sites excluding steroid dienone is 2. The molecule has 0 spiro atoms. The predicted molar refractivity (Wildman–Crippen MR) is 162 cm³/mol. The Bertz CT molecular complexity index is 2000. The third-order valence-electron chi connectivity index (χ3n) is 10.2. The average Bonchev–Trinajstić information content (AvgIpc) is 3.39. The third-order valence-corrected chi connectivity index (χ3v) is 10.5. The number of aromatic carboxylic acids is 1. The van der Waals surface area contributed by atoms with Crippen LogP contribution in [0.15, 0.2) is 66.2 Å². The standard InChI is InChI=1S/C34H25ClF2N2O8/c1-34-21(30(43)39(33(34)47)14-6-10-23(36)22(35)11-14)13-20-16(27(34)19-3-2-4-24(37)28(19)41)8-9-18-26(20)31(44)38(29(18)42)15-5-7-17(32(45)46)25(40)12-15/h2-8,10-12,18,20-21,26-27,40-41H,9,13H2,1H3,(H,45,46)/t18-,20+,21-,26-,27+,34+/m0/s1. The van der Waals surface area contributed by atoms with Crippen LogP contribution in [0.1, 0.15) is 41.6 Å². The van der Waals surface area contributed by atoms with Gasteiger partial charge in [0.2, 0.25) is 23.6 Å². The van der Waals surface area contributed by atoms with E-state index in [0.717, 1.165) is 40.1 Å². The topological polar surface area (TPSA) is 153 Å². The van der Waals surface area contributed by atoms with Gasteiger partial charge in [-0.2, -0.15) is 0 Å². The number of para-hydroxylation sites is 1. The lowest BCUT2D eigenvalue weighted by atomic mass is 9.51. The maximum absolute atomic E-state index is 14.9. The van der Waals surface area contributed by atoms with E-state index in [2.05, 4.69) is 0 Å². The lowest BCUT2D eigenvalue weighted by Crippen LogP contribution is -2.49. The SMILES string of the molecule is C[C@@]12C(=O)N(c3ccc(F)c(Cl)c3)C(=O)[C@@H]1C[C@@H]1C(=CC[C@@H]3C(=O)N(c4ccc(C(=O)O)c(O)c4)C(=O)[C@@H]31)[C@@H]2c1cccc(F)c1O. The van der Waals surface area contributed by atoms with Crippen molar-refractivity contribution in [1.29, 1.82) is 0 Å². The molecule has 2 saturated heterocycles. The fourth-order valence-corrected chi connectivity index (χ4v) is 8.26. The van der Waals surface area contributed by atoms with Gasteiger partial charge >= 0.3 is 5.97 Å². The molecule has 3 fully saturated rings. The third kappa shape index (κ3) is 4.17. The Labute approximate surface area is 270 Å². The summed E-state index contributed by atoms with van der Waals surface area (Å²) in [6.07, 6.45) is 1.70. The number of hydrogen-bond acceptors (Lipinski definition) is 7. The van der Waals surface area contributed by atoms with Crippen LogP contribution in [0.2, 0.25) is 5.02 Å². The van der Waals surface area contributed by atoms with Crippen LogP contribution in [0.4, 0.5) is 20.2 Å². The van der Waals surface area contributed by atoms with E-state index in [0.29, 0.717) is 5.57 Å². The van der Waals surface area contributed by atoms with E-state index in [4.69, 9.17) is 11.6 Å². The number of nitrogens with zero attached hydrogens (tertiary/aromatic N) is 2. The predicted octanol–water partition coefficient (Wildman–Crippen LogP) is 5.16. The van der Waals surface area contributed by atoms with E-state index < -0.39 is 93.3 Å². The minimum absolute atomic E-state index is 0.0157. The molecule has 3 N–H and O–H groups in total. The second kappa shape index (κ2) is 10.5. The number of aromatic hydroxyl groups is 2. The van der Waals surface area contributed by atoms with Gasteiger partial charge in [-0.05, 0) is 62.1 Å². The number of hydrogen-bond donors (Lipinski definition) is 3. The minimum Gasteiger partial charge on any atom is -0.507 e. The van der Waals surface area contributed by atoms with Crippen molar-refractivity contribution in [2.24, 2.45) is 29.1 Å². The summed E-state index contributed by atoms with van der Waals surface area (Å²) in [4.78, 5) is 69.6. The molecule has 0 aromatic heterocycles. The van der Waals surface area contributed by atoms with E-state index in [1.165, 1.54) is 24.3 Å². The Morgan fingerprint density at radius 3 is 2.28 bits per heavy atom. The molecule has 10 nitrogen and oxygen atoms in total. The number of carboxylic acid groups (broad SMARTS) is 1. The zero-order valence-electron chi connectivity index (χ0n) is 24.5. The quantitative estimate of drug-likeness (QED) is 0.256. The number of anilines is 2. The zero-order valence-corrected chi connectivity index (χ0v) is 25.2. The van der Waals surface area contributed by atoms with E-state index in [1.807, 2.05) is 0 Å². The van der Waals surface area contributed by atoms with Crippen molar-refractivity contribution in [2.45, 2.75) is 25.7 Å². The summed E-state index contributed by atoms with van der Waals surface area (Å²) in [6, 6.07) is 10.6. The van der Waals surface area contributed by atoms with Crippen molar-refractivity contribution in [3.05, 3.63) is 94.0 Å². The number of carboxylic acids is 1. The summed E-state index contributed by atoms with van der Waals surface area (Å²) >= 11 is 6.00. The van der Waals surface area contributed by atoms with Crippen molar-refractivity contribution in [3.63, 3.8) is 0 Å². The van der Waals surface area contributed by atoms with Crippen LogP contribution in [-0.2, 0) is 19.2 Å². The normalized spacial score (nSPS) is 28.3. The van der Waals surface area contributed by atoms with Gasteiger partial charge in [-0.1, -0.05) is 35.4 Å². The minimum atomic E-state index is -1.60. The number of carbonyl (C=O) groups excluding carboxylic acids is 4. The number of rotatable bonds is 4. The van der Waals surface area contributed by atoms with Crippen LogP contribution >= 0.6 is 11.6 Å². The monoisotopic (exact) mass is 662 g/mol. The van der Waals surface area contributed by atoms with Crippen molar-refractivity contribution >= 4 is 52.6 Å². The Balaban J connectivity index is 1.36. The van der Waals surface area contributed by atoms with Gasteiger partial charge < -0.3 is 15.3 Å². The Morgan fingerprint density at radius 2 is 1.60 bits per heavy atom. The summed E-state index contributed by atoms with van der Waals surface area (Å²) in [5, 5.41) is 30.2. The molecular formula is C34H25ClF2N2O8. The maximum atomic E-state index is 14.9. The molecule has 13 heteroatoms. The van der Waals surface area contributed by atoms with Gasteiger partial charge in [-0.3, -0.25) is 19.2 Å². The smallest absolute Gasteiger partial charge is 0.339 e. The Hall–Kier alpha value is -5.10. The first-order valence-corrected chi connectivity index (χ1v) is 15.1. The number of phenolic OH excluding ortho intramolecular Hbond substituents is 1. The number of amides is 4. The van der Waals surface area contributed by atoms with E-state index in [-0.39, 0.29) is 34.8 Å². The molecule has 4 amide bonds. The van der Waals surface area contributed by atoms with Gasteiger partial charge in [0.15, 0.2) is 11.6 Å². The number of benzene rings is 3. The van der Waals surface area contributed by atoms with Crippen molar-refractivity contribution in [1.82, 2.24) is 0 Å². The second-order valence-corrected chi connectivity index (χ2v) is 12.9. The van der Waals surface area contributed by atoms with Gasteiger partial charge in [-0.15, -0.1) is 0 Å². The van der Waals surface area contributed by atoms with Crippen LogP contribution in [0, 0.1) is 40.7 Å². The highest BCUT2D eigenvalue weighted by atomic mass is 35.5. The molecule has 0 unspecified atom stereocenters. The molecule has 2 aliphatic carbocycles. The van der Waals surface area contributed by atoms with Crippen LogP contribution in [0.5, 0.6) is 11.5 Å². The number of phenols is 2. The molecule has 240 valence electrons. The molecule has 3 aromatic rings. The van der Waals surface area contributed by atoms with Gasteiger partial charge in [0, 0.05) is 17.5 Å². The number of carbonyl (C=O) groups is 5. The van der Waals surface area contributed by atoms with E-state index >= 15 is 0 Å². The first kappa shape index (κ1) is 30.5. The summed E-state index contributed by atoms with van der Waals surface area (Å²) in [6.45, 7) is 1.54. The number of imide groups is 2. The molecule has 7 rings (SSSR count). The molecule has 3 aromatic carbocycles. The lowest BCUT2D eigenvalue weighted by molar-refractivity contribution is -0.131. The van der Waals surface area contributed by atoms with Crippen molar-refractivity contribution < 1.29 is 48.1 Å². The molecule has 1 saturated carbocycles. The van der Waals surface area contributed by atoms with Gasteiger partial charge in [-0.25, -0.2) is 23.4 Å². The van der Waals surface area contributed by atoms with E-state index in [1.54, 1.807) is 13.0 Å². The summed E-state index contributed by atoms with van der Waals surface area (Å²) in [5.41, 5.74) is -1.53. The number of halogens is 3. The van der Waals surface area contributed by atoms with Gasteiger partial charge in [0.1, 0.15) is 17.1 Å². The summed E-state index contributed by atoms with van der Waals surface area (Å²) in [5.74, 6) is -12.0. The average molecular weight is 663 g/mol. The Kier molecular flexibility index (Phi) is 6.80. The van der Waals surface area contributed by atoms with Crippen LogP contribution in [-0.4, -0.2) is 44.9 Å². The first-order chi connectivity index (χ1) is 22.3. The molecule has 6 atom stereocenters. The van der Waals surface area contributed by atoms with Crippen molar-refractivity contribution in [2.75, 3.05) is 9.80 Å². The fourth-order valence-electron chi connectivity index (χ4n) is 8.09. The van der Waals surface area contributed by atoms with E-state index in [9.17, 15) is 48.1 Å². The van der Waals surface area contributed by atoms with Gasteiger partial charge in [0.25, 0.3) is 0 Å². The molecule has 2 heterocycles. The molecule has 47 heavy (non-hydrogen) atoms. The Morgan fingerprint density at radius 1 is 0.894 bits per heavy atom. The largest absolute Gasteiger partial charge is 0.507 e. The number of fused-ring (bicyclic) bond motifs is 4. The highest BCUT2D eigenvalue weighted by Gasteiger charge is 2.68. The first-order valence-electron chi connectivity index (χ1n) is 14.7. The van der Waals surface area contributed by atoms with Crippen LogP contribution in [0.25, 0.3) is 0 Å². The van der Waals surface area contributed by atoms with Crippen molar-refractivity contribution in [3.8, 4) is 11.5 Å². The molecule has 0 bridgehead atoms. The maximum Gasteiger partial charge on any atom is 0.339 e. The lowest BCUT2D eigenvalue weighted by Gasteiger charge is -2.49. The highest BCUT2D eigenvalue weighted by molar-refractivity contribution is 6.32.